The summed E-state index contributed by atoms with van der Waals surface area (Å²) in [6, 6.07) is 0. The number of aliphatic hydroxyl groups excluding tert-OH is 5. The minimum Gasteiger partial charge on any atom is -0.465 e. The van der Waals surface area contributed by atoms with Crippen molar-refractivity contribution in [2.75, 3.05) is 19.8 Å². The monoisotopic (exact) mass is 281 g/mol. The molecule has 0 heterocycles. The summed E-state index contributed by atoms with van der Waals surface area (Å²) in [5, 5.41) is 47.6. The fourth-order valence-electron chi connectivity index (χ4n) is 1.15. The largest absolute Gasteiger partial charge is 0.465 e. The van der Waals surface area contributed by atoms with Gasteiger partial charge in [-0.3, -0.25) is 9.59 Å². The van der Waals surface area contributed by atoms with Crippen LogP contribution in [0.1, 0.15) is 6.92 Å². The maximum atomic E-state index is 11.3. The van der Waals surface area contributed by atoms with Crippen LogP contribution in [-0.2, 0) is 14.3 Å². The SMILES string of the molecule is CCOC(=O)CNC(=O)[C@@H](O)[C@H](O)[C@H](O)[C@H](O)CO. The first-order chi connectivity index (χ1) is 8.84. The van der Waals surface area contributed by atoms with E-state index in [1.54, 1.807) is 6.92 Å². The van der Waals surface area contributed by atoms with E-state index in [4.69, 9.17) is 10.2 Å². The van der Waals surface area contributed by atoms with Crippen LogP contribution in [0.5, 0.6) is 0 Å². The molecular weight excluding hydrogens is 262 g/mol. The number of nitrogens with one attached hydrogen (secondary N) is 1. The van der Waals surface area contributed by atoms with Crippen LogP contribution in [0.2, 0.25) is 0 Å². The van der Waals surface area contributed by atoms with Crippen LogP contribution in [0.25, 0.3) is 0 Å². The van der Waals surface area contributed by atoms with Crippen LogP contribution in [0.3, 0.4) is 0 Å². The second-order valence-electron chi connectivity index (χ2n) is 3.70. The first-order valence-corrected chi connectivity index (χ1v) is 5.61. The molecule has 0 aromatic carbocycles. The maximum absolute atomic E-state index is 11.3. The first-order valence-electron chi connectivity index (χ1n) is 5.61. The van der Waals surface area contributed by atoms with Gasteiger partial charge in [0.25, 0.3) is 5.91 Å². The molecule has 0 aliphatic rings. The average molecular weight is 281 g/mol. The van der Waals surface area contributed by atoms with E-state index < -0.39 is 49.4 Å². The summed E-state index contributed by atoms with van der Waals surface area (Å²) >= 11 is 0. The highest BCUT2D eigenvalue weighted by Crippen LogP contribution is 2.05. The molecule has 19 heavy (non-hydrogen) atoms. The third kappa shape index (κ3) is 5.94. The van der Waals surface area contributed by atoms with Crippen LogP contribution in [0.4, 0.5) is 0 Å². The number of ether oxygens (including phenoxy) is 1. The summed E-state index contributed by atoms with van der Waals surface area (Å²) in [6.45, 7) is 0.344. The minimum absolute atomic E-state index is 0.126. The fraction of sp³-hybridized carbons (Fsp3) is 0.800. The Morgan fingerprint density at radius 3 is 2.21 bits per heavy atom. The topological polar surface area (TPSA) is 157 Å². The highest BCUT2D eigenvalue weighted by Gasteiger charge is 2.34. The lowest BCUT2D eigenvalue weighted by molar-refractivity contribution is -0.152. The van der Waals surface area contributed by atoms with Crippen LogP contribution in [0, 0.1) is 0 Å². The summed E-state index contributed by atoms with van der Waals surface area (Å²) in [6.07, 6.45) is -7.69. The molecule has 0 aliphatic carbocycles. The number of carbonyl (C=O) groups is 2. The lowest BCUT2D eigenvalue weighted by atomic mass is 10.0. The van der Waals surface area contributed by atoms with Crippen LogP contribution >= 0.6 is 0 Å². The summed E-state index contributed by atoms with van der Waals surface area (Å²) in [4.78, 5) is 22.2. The Balaban J connectivity index is 4.28. The third-order valence-electron chi connectivity index (χ3n) is 2.24. The van der Waals surface area contributed by atoms with Gasteiger partial charge in [0.05, 0.1) is 13.2 Å². The van der Waals surface area contributed by atoms with Gasteiger partial charge in [-0.1, -0.05) is 0 Å². The summed E-state index contributed by atoms with van der Waals surface area (Å²) in [7, 11) is 0. The molecule has 0 unspecified atom stereocenters. The van der Waals surface area contributed by atoms with Crippen molar-refractivity contribution in [3.63, 3.8) is 0 Å². The van der Waals surface area contributed by atoms with Gasteiger partial charge >= 0.3 is 5.97 Å². The zero-order valence-electron chi connectivity index (χ0n) is 10.4. The number of amides is 1. The second kappa shape index (κ2) is 8.77. The quantitative estimate of drug-likeness (QED) is 0.246. The molecule has 9 nitrogen and oxygen atoms in total. The molecule has 9 heteroatoms. The van der Waals surface area contributed by atoms with Gasteiger partial charge in [0.2, 0.25) is 0 Å². The number of hydrogen-bond donors (Lipinski definition) is 6. The van der Waals surface area contributed by atoms with E-state index in [2.05, 4.69) is 4.74 Å². The predicted octanol–water partition coefficient (Wildman–Crippen LogP) is -3.90. The third-order valence-corrected chi connectivity index (χ3v) is 2.24. The Kier molecular flexibility index (Phi) is 8.19. The van der Waals surface area contributed by atoms with Crippen molar-refractivity contribution in [3.8, 4) is 0 Å². The van der Waals surface area contributed by atoms with Gasteiger partial charge in [-0.25, -0.2) is 0 Å². The number of aliphatic hydroxyl groups is 5. The Bertz CT molecular complexity index is 297. The molecule has 0 rings (SSSR count). The maximum Gasteiger partial charge on any atom is 0.325 e. The zero-order valence-corrected chi connectivity index (χ0v) is 10.4. The van der Waals surface area contributed by atoms with Gasteiger partial charge in [0.15, 0.2) is 6.10 Å². The van der Waals surface area contributed by atoms with Crippen LogP contribution in [0.15, 0.2) is 0 Å². The lowest BCUT2D eigenvalue weighted by Crippen LogP contribution is -2.52. The molecule has 0 fully saturated rings. The Hall–Kier alpha value is -1.26. The number of hydrogen-bond acceptors (Lipinski definition) is 8. The van der Waals surface area contributed by atoms with Crippen molar-refractivity contribution in [1.82, 2.24) is 5.32 Å². The Labute approximate surface area is 109 Å². The number of carbonyl (C=O) groups excluding carboxylic acids is 2. The predicted molar refractivity (Wildman–Crippen MR) is 60.8 cm³/mol. The van der Waals surface area contributed by atoms with E-state index in [1.807, 2.05) is 5.32 Å². The van der Waals surface area contributed by atoms with Crippen LogP contribution < -0.4 is 5.32 Å². The molecule has 112 valence electrons. The number of esters is 1. The van der Waals surface area contributed by atoms with Gasteiger partial charge < -0.3 is 35.6 Å². The standard InChI is InChI=1S/C10H19NO8/c1-2-19-6(14)3-11-10(18)9(17)8(16)7(15)5(13)4-12/h5,7-9,12-13,15-17H,2-4H2,1H3,(H,11,18)/t5-,7-,8-,9+/m1/s1. The van der Waals surface area contributed by atoms with E-state index in [1.165, 1.54) is 0 Å². The van der Waals surface area contributed by atoms with Crippen molar-refractivity contribution in [2.45, 2.75) is 31.3 Å². The molecule has 0 spiro atoms. The average Bonchev–Trinajstić information content (AvgIpc) is 2.41. The molecule has 0 bridgehead atoms. The van der Waals surface area contributed by atoms with Gasteiger partial charge in [0.1, 0.15) is 24.9 Å². The minimum atomic E-state index is -2.06. The van der Waals surface area contributed by atoms with Crippen molar-refractivity contribution < 1.29 is 39.9 Å². The zero-order chi connectivity index (χ0) is 15.0. The smallest absolute Gasteiger partial charge is 0.325 e. The van der Waals surface area contributed by atoms with Gasteiger partial charge in [0, 0.05) is 0 Å². The molecule has 0 aromatic heterocycles. The molecule has 0 aliphatic heterocycles. The van der Waals surface area contributed by atoms with Crippen molar-refractivity contribution >= 4 is 11.9 Å². The molecule has 6 N–H and O–H groups in total. The molecule has 0 saturated heterocycles. The Morgan fingerprint density at radius 1 is 1.16 bits per heavy atom. The lowest BCUT2D eigenvalue weighted by Gasteiger charge is -2.24. The van der Waals surface area contributed by atoms with E-state index in [0.29, 0.717) is 0 Å². The Morgan fingerprint density at radius 2 is 1.74 bits per heavy atom. The fourth-order valence-corrected chi connectivity index (χ4v) is 1.15. The molecular formula is C10H19NO8. The van der Waals surface area contributed by atoms with E-state index in [0.717, 1.165) is 0 Å². The van der Waals surface area contributed by atoms with E-state index in [-0.39, 0.29) is 6.61 Å². The van der Waals surface area contributed by atoms with Crippen molar-refractivity contribution in [3.05, 3.63) is 0 Å². The molecule has 1 amide bonds. The van der Waals surface area contributed by atoms with E-state index >= 15 is 0 Å². The molecule has 0 aromatic rings. The summed E-state index contributed by atoms with van der Waals surface area (Å²) < 4.78 is 4.52. The number of rotatable bonds is 8. The molecule has 4 atom stereocenters. The second-order valence-corrected chi connectivity index (χ2v) is 3.70. The van der Waals surface area contributed by atoms with E-state index in [9.17, 15) is 24.9 Å². The molecule has 0 radical (unpaired) electrons. The summed E-state index contributed by atoms with van der Waals surface area (Å²) in [5.74, 6) is -1.85. The van der Waals surface area contributed by atoms with Gasteiger partial charge in [-0.15, -0.1) is 0 Å². The summed E-state index contributed by atoms with van der Waals surface area (Å²) in [5.41, 5.74) is 0. The molecule has 0 saturated carbocycles. The van der Waals surface area contributed by atoms with Crippen LogP contribution in [-0.4, -0.2) is 81.6 Å². The highest BCUT2D eigenvalue weighted by molar-refractivity contribution is 5.85. The van der Waals surface area contributed by atoms with Crippen molar-refractivity contribution in [2.24, 2.45) is 0 Å². The van der Waals surface area contributed by atoms with Gasteiger partial charge in [-0.05, 0) is 6.92 Å². The highest BCUT2D eigenvalue weighted by atomic mass is 16.5. The van der Waals surface area contributed by atoms with Gasteiger partial charge in [-0.2, -0.15) is 0 Å². The first kappa shape index (κ1) is 17.7. The van der Waals surface area contributed by atoms with Crippen molar-refractivity contribution in [1.29, 1.82) is 0 Å². The normalized spacial score (nSPS) is 17.2.